The maximum absolute atomic E-state index is 13.7. The van der Waals surface area contributed by atoms with Crippen LogP contribution in [0.5, 0.6) is 0 Å². The van der Waals surface area contributed by atoms with Gasteiger partial charge in [0.1, 0.15) is 24.1 Å². The van der Waals surface area contributed by atoms with Crippen molar-refractivity contribution in [3.8, 4) is 0 Å². The van der Waals surface area contributed by atoms with Crippen LogP contribution in [0.3, 0.4) is 0 Å². The first-order valence-electron chi connectivity index (χ1n) is 14.6. The van der Waals surface area contributed by atoms with Crippen LogP contribution in [0.15, 0.2) is 53.6 Å². The van der Waals surface area contributed by atoms with E-state index in [1.807, 2.05) is 0 Å². The van der Waals surface area contributed by atoms with Crippen LogP contribution >= 0.6 is 0 Å². The Balaban J connectivity index is 1.09. The third-order valence-corrected chi connectivity index (χ3v) is 10.1. The highest BCUT2D eigenvalue weighted by Gasteiger charge is 2.65. The first-order valence-corrected chi connectivity index (χ1v) is 16.0. The van der Waals surface area contributed by atoms with Crippen LogP contribution < -0.4 is 10.0 Å². The molecule has 0 unspecified atom stereocenters. The van der Waals surface area contributed by atoms with E-state index in [0.717, 1.165) is 64.2 Å². The summed E-state index contributed by atoms with van der Waals surface area (Å²) in [6, 6.07) is 10.9. The second-order valence-corrected chi connectivity index (χ2v) is 13.2. The summed E-state index contributed by atoms with van der Waals surface area (Å²) < 4.78 is 60.3. The summed E-state index contributed by atoms with van der Waals surface area (Å²) >= 11 is 0. The van der Waals surface area contributed by atoms with E-state index in [1.54, 1.807) is 18.2 Å². The lowest BCUT2D eigenvalue weighted by molar-refractivity contribution is -0.246. The van der Waals surface area contributed by atoms with Crippen molar-refractivity contribution in [2.75, 3.05) is 10.0 Å². The molecule has 1 aromatic carbocycles. The fraction of sp³-hybridized carbons (Fsp3) is 0.586. The van der Waals surface area contributed by atoms with E-state index in [2.05, 4.69) is 15.0 Å². The first kappa shape index (κ1) is 27.2. The van der Waals surface area contributed by atoms with Gasteiger partial charge in [-0.3, -0.25) is 9.52 Å². The number of benzene rings is 1. The minimum Gasteiger partial charge on any atom is -0.341 e. The number of nitrogens with one attached hydrogen (secondary N) is 2. The Bertz CT molecular complexity index is 1360. The van der Waals surface area contributed by atoms with E-state index in [9.17, 15) is 13.2 Å². The van der Waals surface area contributed by atoms with E-state index in [1.165, 1.54) is 30.5 Å². The van der Waals surface area contributed by atoms with Gasteiger partial charge < -0.3 is 29.0 Å². The van der Waals surface area contributed by atoms with E-state index >= 15 is 0 Å². The largest absolute Gasteiger partial charge is 0.341 e. The van der Waals surface area contributed by atoms with Crippen molar-refractivity contribution in [3.63, 3.8) is 0 Å². The molecule has 0 bridgehead atoms. The molecule has 7 rings (SSSR count). The number of carbonyl (C=O) groups is 1. The highest BCUT2D eigenvalue weighted by Crippen LogP contribution is 2.51. The summed E-state index contributed by atoms with van der Waals surface area (Å²) in [6.45, 7) is 0. The SMILES string of the molecule is O=C(Nc1ccc(S(=O)(=O)Nc2ccccn2)cc1)[C@@H]1O[C@H]2OC3(CCCCC3)O[C@@H]2[C@H]2OC3(CCCCC3)O[C@@H]21. The molecule has 5 aliphatic rings. The molecule has 5 atom stereocenters. The Labute approximate surface area is 239 Å². The number of fused-ring (bicyclic) bond motifs is 3. The average molecular weight is 586 g/mol. The van der Waals surface area contributed by atoms with Crippen molar-refractivity contribution in [1.82, 2.24) is 4.98 Å². The van der Waals surface area contributed by atoms with E-state index in [-0.39, 0.29) is 10.7 Å². The highest BCUT2D eigenvalue weighted by molar-refractivity contribution is 7.92. The van der Waals surface area contributed by atoms with Crippen LogP contribution in [-0.4, -0.2) is 61.6 Å². The molecule has 2 saturated carbocycles. The third-order valence-electron chi connectivity index (χ3n) is 8.70. The lowest BCUT2D eigenvalue weighted by Crippen LogP contribution is -2.58. The molecular weight excluding hydrogens is 550 g/mol. The predicted molar refractivity (Wildman–Crippen MR) is 146 cm³/mol. The van der Waals surface area contributed by atoms with Crippen LogP contribution in [0.4, 0.5) is 11.5 Å². The minimum absolute atomic E-state index is 0.0408. The van der Waals surface area contributed by atoms with Gasteiger partial charge in [-0.2, -0.15) is 0 Å². The molecule has 2 spiro atoms. The third kappa shape index (κ3) is 5.26. The van der Waals surface area contributed by atoms with Crippen molar-refractivity contribution < 1.29 is 36.9 Å². The molecule has 3 aliphatic heterocycles. The monoisotopic (exact) mass is 585 g/mol. The fourth-order valence-corrected chi connectivity index (χ4v) is 7.73. The van der Waals surface area contributed by atoms with Gasteiger partial charge >= 0.3 is 0 Å². The maximum Gasteiger partial charge on any atom is 0.263 e. The molecule has 4 heterocycles. The Kier molecular flexibility index (Phi) is 7.03. The number of hydrogen-bond acceptors (Lipinski definition) is 9. The van der Waals surface area contributed by atoms with E-state index < -0.39 is 58.2 Å². The van der Waals surface area contributed by atoms with E-state index in [0.29, 0.717) is 5.69 Å². The molecule has 5 fully saturated rings. The van der Waals surface area contributed by atoms with Gasteiger partial charge in [0, 0.05) is 37.6 Å². The van der Waals surface area contributed by atoms with Crippen LogP contribution in [0.2, 0.25) is 0 Å². The Morgan fingerprint density at radius 3 is 2.07 bits per heavy atom. The Morgan fingerprint density at radius 2 is 1.41 bits per heavy atom. The molecule has 0 radical (unpaired) electrons. The number of ether oxygens (including phenoxy) is 5. The number of amides is 1. The summed E-state index contributed by atoms with van der Waals surface area (Å²) in [5, 5.41) is 2.87. The molecule has 1 aromatic heterocycles. The summed E-state index contributed by atoms with van der Waals surface area (Å²) in [5.74, 6) is -1.65. The molecule has 220 valence electrons. The zero-order valence-electron chi connectivity index (χ0n) is 22.7. The lowest BCUT2D eigenvalue weighted by Gasteiger charge is -2.36. The summed E-state index contributed by atoms with van der Waals surface area (Å²) in [4.78, 5) is 17.7. The van der Waals surface area contributed by atoms with E-state index in [4.69, 9.17) is 23.7 Å². The number of sulfonamides is 1. The fourth-order valence-electron chi connectivity index (χ4n) is 6.72. The van der Waals surface area contributed by atoms with Crippen molar-refractivity contribution in [2.45, 2.75) is 111 Å². The van der Waals surface area contributed by atoms with Crippen molar-refractivity contribution in [1.29, 1.82) is 0 Å². The second kappa shape index (κ2) is 10.6. The summed E-state index contributed by atoms with van der Waals surface area (Å²) in [7, 11) is -3.85. The molecule has 41 heavy (non-hydrogen) atoms. The molecule has 2 aromatic rings. The number of nitrogens with zero attached hydrogens (tertiary/aromatic N) is 1. The van der Waals surface area contributed by atoms with Gasteiger partial charge in [0.2, 0.25) is 0 Å². The molecule has 12 heteroatoms. The Morgan fingerprint density at radius 1 is 0.780 bits per heavy atom. The summed E-state index contributed by atoms with van der Waals surface area (Å²) in [5.41, 5.74) is 0.424. The van der Waals surface area contributed by atoms with Gasteiger partial charge in [-0.15, -0.1) is 0 Å². The molecule has 2 N–H and O–H groups in total. The zero-order valence-corrected chi connectivity index (χ0v) is 23.5. The number of carbonyl (C=O) groups excluding carboxylic acids is 1. The van der Waals surface area contributed by atoms with Gasteiger partial charge in [0.05, 0.1) is 4.90 Å². The molecule has 1 amide bonds. The Hall–Kier alpha value is -2.61. The van der Waals surface area contributed by atoms with Gasteiger partial charge in [-0.1, -0.05) is 18.9 Å². The quantitative estimate of drug-likeness (QED) is 0.533. The van der Waals surface area contributed by atoms with Gasteiger partial charge in [-0.25, -0.2) is 13.4 Å². The first-order chi connectivity index (χ1) is 19.8. The smallest absolute Gasteiger partial charge is 0.263 e. The minimum atomic E-state index is -3.85. The summed E-state index contributed by atoms with van der Waals surface area (Å²) in [6.07, 6.45) is 7.56. The van der Waals surface area contributed by atoms with Crippen molar-refractivity contribution in [3.05, 3.63) is 48.7 Å². The maximum atomic E-state index is 13.7. The number of anilines is 2. The predicted octanol–water partition coefficient (Wildman–Crippen LogP) is 4.07. The van der Waals surface area contributed by atoms with Crippen molar-refractivity contribution in [2.24, 2.45) is 0 Å². The van der Waals surface area contributed by atoms with Crippen molar-refractivity contribution >= 4 is 27.4 Å². The topological polar surface area (TPSA) is 134 Å². The number of hydrogen-bond donors (Lipinski definition) is 2. The van der Waals surface area contributed by atoms with Crippen LogP contribution in [0.1, 0.15) is 64.2 Å². The van der Waals surface area contributed by atoms with Crippen LogP contribution in [-0.2, 0) is 38.5 Å². The number of pyridine rings is 1. The van der Waals surface area contributed by atoms with Crippen LogP contribution in [0.25, 0.3) is 0 Å². The molecule has 2 aliphatic carbocycles. The number of rotatable bonds is 5. The van der Waals surface area contributed by atoms with Gasteiger partial charge in [0.15, 0.2) is 24.0 Å². The lowest BCUT2D eigenvalue weighted by atomic mass is 9.94. The number of aromatic nitrogens is 1. The zero-order chi connectivity index (χ0) is 28.1. The normalized spacial score (nSPS) is 31.9. The van der Waals surface area contributed by atoms with Crippen LogP contribution in [0, 0.1) is 0 Å². The average Bonchev–Trinajstić information content (AvgIpc) is 3.51. The standard InChI is InChI=1S/C29H35N3O8S/c33-26(31-19-10-12-20(13-11-19)41(34,35)32-21-9-3-8-18-30-21)24-22-23(38-28(37-22)14-4-1-5-15-28)25-27(36-24)40-29(39-25)16-6-2-7-17-29/h3,8-13,18,22-25,27H,1-2,4-7,14-17H2,(H,30,32)(H,31,33)/t22-,23-,24+,25+,27-/m0/s1. The van der Waals surface area contributed by atoms with Gasteiger partial charge in [0.25, 0.3) is 15.9 Å². The molecule has 3 saturated heterocycles. The highest BCUT2D eigenvalue weighted by atomic mass is 32.2. The second-order valence-electron chi connectivity index (χ2n) is 11.6. The molecular formula is C29H35N3O8S. The van der Waals surface area contributed by atoms with Gasteiger partial charge in [-0.05, 0) is 62.1 Å². The molecule has 11 nitrogen and oxygen atoms in total.